The Morgan fingerprint density at radius 1 is 1.44 bits per heavy atom. The molecule has 2 rings (SSSR count). The molecule has 88 valence electrons. The van der Waals surface area contributed by atoms with Gasteiger partial charge in [0.05, 0.1) is 10.7 Å². The van der Waals surface area contributed by atoms with E-state index >= 15 is 0 Å². The Kier molecular flexibility index (Phi) is 3.95. The van der Waals surface area contributed by atoms with E-state index in [1.165, 1.54) is 12.8 Å². The van der Waals surface area contributed by atoms with Crippen LogP contribution in [0.4, 0.5) is 5.69 Å². The summed E-state index contributed by atoms with van der Waals surface area (Å²) in [5.74, 6) is 0. The molecule has 1 N–H and O–H groups in total. The topological polar surface area (TPSA) is 15.3 Å². The lowest BCUT2D eigenvalue weighted by Gasteiger charge is -2.24. The van der Waals surface area contributed by atoms with E-state index in [-0.39, 0.29) is 0 Å². The van der Waals surface area contributed by atoms with Crippen molar-refractivity contribution < 1.29 is 0 Å². The lowest BCUT2D eigenvalue weighted by atomic mass is 10.2. The molecule has 1 aliphatic heterocycles. The summed E-state index contributed by atoms with van der Waals surface area (Å²) >= 11 is 12.1. The molecule has 0 spiro atoms. The minimum Gasteiger partial charge on any atom is -0.372 e. The Morgan fingerprint density at radius 2 is 2.25 bits per heavy atom. The quantitative estimate of drug-likeness (QED) is 0.896. The van der Waals surface area contributed by atoms with Crippen molar-refractivity contribution in [3.63, 3.8) is 0 Å². The molecular formula is C12H16Cl2N2. The average molecular weight is 259 g/mol. The van der Waals surface area contributed by atoms with Crippen molar-refractivity contribution in [2.75, 3.05) is 25.0 Å². The molecule has 1 fully saturated rings. The monoisotopic (exact) mass is 258 g/mol. The second-order valence-electron chi connectivity index (χ2n) is 4.27. The highest BCUT2D eigenvalue weighted by atomic mass is 35.5. The van der Waals surface area contributed by atoms with Gasteiger partial charge in [-0.05, 0) is 37.6 Å². The fourth-order valence-corrected chi connectivity index (χ4v) is 2.55. The number of nitrogens with one attached hydrogen (secondary N) is 1. The third-order valence-electron chi connectivity index (χ3n) is 2.98. The lowest BCUT2D eigenvalue weighted by molar-refractivity contribution is 0.600. The first-order valence-electron chi connectivity index (χ1n) is 5.56. The molecule has 0 radical (unpaired) electrons. The van der Waals surface area contributed by atoms with Crippen LogP contribution in [0.1, 0.15) is 12.8 Å². The van der Waals surface area contributed by atoms with Gasteiger partial charge in [-0.1, -0.05) is 23.2 Å². The zero-order valence-electron chi connectivity index (χ0n) is 9.34. The molecule has 1 aromatic carbocycles. The van der Waals surface area contributed by atoms with E-state index in [0.29, 0.717) is 6.04 Å². The summed E-state index contributed by atoms with van der Waals surface area (Å²) in [6, 6.07) is 6.14. The molecule has 1 aromatic rings. The Morgan fingerprint density at radius 3 is 2.94 bits per heavy atom. The Labute approximate surface area is 107 Å². The third-order valence-corrected chi connectivity index (χ3v) is 3.53. The summed E-state index contributed by atoms with van der Waals surface area (Å²) in [6.45, 7) is 2.10. The van der Waals surface area contributed by atoms with Gasteiger partial charge in [-0.3, -0.25) is 0 Å². The molecule has 0 aliphatic carbocycles. The first-order chi connectivity index (χ1) is 7.66. The molecule has 0 bridgehead atoms. The SMILES string of the molecule is CN(CC1CCCN1)c1cc(Cl)ccc1Cl. The largest absolute Gasteiger partial charge is 0.372 e. The predicted octanol–water partition coefficient (Wildman–Crippen LogP) is 3.18. The highest BCUT2D eigenvalue weighted by molar-refractivity contribution is 6.35. The van der Waals surface area contributed by atoms with Crippen LogP contribution in [0.5, 0.6) is 0 Å². The number of likely N-dealkylation sites (N-methyl/N-ethyl adjacent to an activating group) is 1. The van der Waals surface area contributed by atoms with Crippen molar-refractivity contribution in [3.8, 4) is 0 Å². The second kappa shape index (κ2) is 5.26. The Balaban J connectivity index is 2.07. The maximum absolute atomic E-state index is 6.16. The molecule has 0 amide bonds. The van der Waals surface area contributed by atoms with Crippen LogP contribution >= 0.6 is 23.2 Å². The van der Waals surface area contributed by atoms with Crippen LogP contribution in [-0.4, -0.2) is 26.2 Å². The zero-order chi connectivity index (χ0) is 11.5. The number of anilines is 1. The lowest BCUT2D eigenvalue weighted by Crippen LogP contribution is -2.35. The van der Waals surface area contributed by atoms with Crippen LogP contribution in [0.25, 0.3) is 0 Å². The maximum atomic E-state index is 6.16. The minimum absolute atomic E-state index is 0.569. The van der Waals surface area contributed by atoms with Crippen molar-refractivity contribution in [1.29, 1.82) is 0 Å². The highest BCUT2D eigenvalue weighted by Crippen LogP contribution is 2.28. The van der Waals surface area contributed by atoms with Gasteiger partial charge < -0.3 is 10.2 Å². The molecule has 0 aromatic heterocycles. The van der Waals surface area contributed by atoms with Crippen LogP contribution < -0.4 is 10.2 Å². The van der Waals surface area contributed by atoms with Gasteiger partial charge in [0.1, 0.15) is 0 Å². The van der Waals surface area contributed by atoms with Gasteiger partial charge in [0, 0.05) is 24.7 Å². The molecule has 1 aliphatic rings. The van der Waals surface area contributed by atoms with Gasteiger partial charge in [-0.2, -0.15) is 0 Å². The van der Waals surface area contributed by atoms with E-state index < -0.39 is 0 Å². The molecule has 0 saturated carbocycles. The number of halogens is 2. The standard InChI is InChI=1S/C12H16Cl2N2/c1-16(8-10-3-2-6-15-10)12-7-9(13)4-5-11(12)14/h4-5,7,10,15H,2-3,6,8H2,1H3. The molecule has 1 heterocycles. The fourth-order valence-electron chi connectivity index (χ4n) is 2.12. The first-order valence-corrected chi connectivity index (χ1v) is 6.32. The van der Waals surface area contributed by atoms with Gasteiger partial charge in [-0.15, -0.1) is 0 Å². The first kappa shape index (κ1) is 12.0. The molecule has 16 heavy (non-hydrogen) atoms. The average Bonchev–Trinajstić information content (AvgIpc) is 2.74. The predicted molar refractivity (Wildman–Crippen MR) is 70.8 cm³/mol. The Hall–Kier alpha value is -0.440. The normalized spacial score (nSPS) is 20.1. The maximum Gasteiger partial charge on any atom is 0.0640 e. The van der Waals surface area contributed by atoms with Gasteiger partial charge in [0.15, 0.2) is 0 Å². The summed E-state index contributed by atoms with van der Waals surface area (Å²) in [5, 5.41) is 4.96. The van der Waals surface area contributed by atoms with E-state index in [1.807, 2.05) is 18.2 Å². The van der Waals surface area contributed by atoms with E-state index in [2.05, 4.69) is 17.3 Å². The van der Waals surface area contributed by atoms with Crippen molar-refractivity contribution in [3.05, 3.63) is 28.2 Å². The van der Waals surface area contributed by atoms with Crippen LogP contribution in [0.2, 0.25) is 10.0 Å². The van der Waals surface area contributed by atoms with Crippen molar-refractivity contribution >= 4 is 28.9 Å². The number of benzene rings is 1. The zero-order valence-corrected chi connectivity index (χ0v) is 10.9. The highest BCUT2D eigenvalue weighted by Gasteiger charge is 2.17. The molecule has 1 unspecified atom stereocenters. The molecule has 2 nitrogen and oxygen atoms in total. The second-order valence-corrected chi connectivity index (χ2v) is 5.11. The van der Waals surface area contributed by atoms with Gasteiger partial charge in [0.2, 0.25) is 0 Å². The summed E-state index contributed by atoms with van der Waals surface area (Å²) in [5.41, 5.74) is 1.00. The van der Waals surface area contributed by atoms with E-state index in [1.54, 1.807) is 0 Å². The third kappa shape index (κ3) is 2.82. The van der Waals surface area contributed by atoms with Crippen LogP contribution in [0.3, 0.4) is 0 Å². The fraction of sp³-hybridized carbons (Fsp3) is 0.500. The van der Waals surface area contributed by atoms with E-state index in [4.69, 9.17) is 23.2 Å². The number of hydrogen-bond acceptors (Lipinski definition) is 2. The smallest absolute Gasteiger partial charge is 0.0640 e. The minimum atomic E-state index is 0.569. The summed E-state index contributed by atoms with van der Waals surface area (Å²) in [4.78, 5) is 2.16. The Bertz CT molecular complexity index is 362. The number of nitrogens with zero attached hydrogens (tertiary/aromatic N) is 1. The molecule has 4 heteroatoms. The summed E-state index contributed by atoms with van der Waals surface area (Å²) in [6.07, 6.45) is 2.50. The molecular weight excluding hydrogens is 243 g/mol. The van der Waals surface area contributed by atoms with Gasteiger partial charge in [0.25, 0.3) is 0 Å². The van der Waals surface area contributed by atoms with Crippen LogP contribution in [-0.2, 0) is 0 Å². The van der Waals surface area contributed by atoms with Gasteiger partial charge in [-0.25, -0.2) is 0 Å². The number of hydrogen-bond donors (Lipinski definition) is 1. The number of rotatable bonds is 3. The van der Waals surface area contributed by atoms with Crippen LogP contribution in [0.15, 0.2) is 18.2 Å². The van der Waals surface area contributed by atoms with Gasteiger partial charge >= 0.3 is 0 Å². The molecule has 1 atom stereocenters. The van der Waals surface area contributed by atoms with Crippen molar-refractivity contribution in [1.82, 2.24) is 5.32 Å². The van der Waals surface area contributed by atoms with E-state index in [9.17, 15) is 0 Å². The summed E-state index contributed by atoms with van der Waals surface area (Å²) in [7, 11) is 2.05. The van der Waals surface area contributed by atoms with Crippen molar-refractivity contribution in [2.24, 2.45) is 0 Å². The summed E-state index contributed by atoms with van der Waals surface area (Å²) < 4.78 is 0. The molecule has 1 saturated heterocycles. The van der Waals surface area contributed by atoms with E-state index in [0.717, 1.165) is 28.8 Å². The van der Waals surface area contributed by atoms with Crippen LogP contribution in [0, 0.1) is 0 Å². The van der Waals surface area contributed by atoms with Crippen molar-refractivity contribution in [2.45, 2.75) is 18.9 Å².